The summed E-state index contributed by atoms with van der Waals surface area (Å²) in [6.07, 6.45) is 5.99. The average Bonchev–Trinajstić information content (AvgIpc) is 2.62. The number of aryl methyl sites for hydroxylation is 1. The number of aromatic nitrogens is 1. The Balaban J connectivity index is 2.34. The summed E-state index contributed by atoms with van der Waals surface area (Å²) in [4.78, 5) is 4.81. The lowest BCUT2D eigenvalue weighted by Crippen LogP contribution is -2.03. The number of rotatable bonds is 1. The predicted octanol–water partition coefficient (Wildman–Crippen LogP) is 4.20. The maximum atomic E-state index is 6.28. The number of anilines is 1. The number of nitrogens with zero attached hydrogens (tertiary/aromatic N) is 1. The molecule has 0 atom stereocenters. The van der Waals surface area contributed by atoms with Crippen LogP contribution in [0.3, 0.4) is 0 Å². The van der Waals surface area contributed by atoms with Gasteiger partial charge in [0.05, 0.1) is 10.5 Å². The van der Waals surface area contributed by atoms with Gasteiger partial charge in [0.2, 0.25) is 0 Å². The van der Waals surface area contributed by atoms with Crippen LogP contribution in [0.1, 0.15) is 30.5 Å². The number of hydrogen-bond acceptors (Lipinski definition) is 2. The molecular formula is C15H17ClN2. The number of nitrogens with one attached hydrogen (secondary N) is 1. The molecule has 0 unspecified atom stereocenters. The van der Waals surface area contributed by atoms with Gasteiger partial charge in [0, 0.05) is 23.8 Å². The van der Waals surface area contributed by atoms with Crippen LogP contribution < -0.4 is 5.32 Å². The Bertz CT molecular complexity index is 593. The molecule has 1 heterocycles. The fourth-order valence-corrected chi connectivity index (χ4v) is 3.09. The largest absolute Gasteiger partial charge is 0.387 e. The van der Waals surface area contributed by atoms with E-state index in [1.54, 1.807) is 0 Å². The Morgan fingerprint density at radius 2 is 2.00 bits per heavy atom. The summed E-state index contributed by atoms with van der Waals surface area (Å²) < 4.78 is 0. The second-order valence-electron chi connectivity index (χ2n) is 4.86. The van der Waals surface area contributed by atoms with Crippen LogP contribution in [0.25, 0.3) is 10.9 Å². The Hall–Kier alpha value is -1.28. The molecule has 1 aliphatic carbocycles. The van der Waals surface area contributed by atoms with Crippen LogP contribution >= 0.6 is 11.6 Å². The third-order valence-corrected chi connectivity index (χ3v) is 4.05. The van der Waals surface area contributed by atoms with E-state index in [1.165, 1.54) is 36.2 Å². The van der Waals surface area contributed by atoms with Crippen molar-refractivity contribution in [3.63, 3.8) is 0 Å². The molecule has 94 valence electrons. The maximum Gasteiger partial charge on any atom is 0.0912 e. The molecule has 0 radical (unpaired) electrons. The monoisotopic (exact) mass is 260 g/mol. The molecule has 3 rings (SSSR count). The molecule has 3 heteroatoms. The van der Waals surface area contributed by atoms with Crippen LogP contribution in [0, 0.1) is 0 Å². The van der Waals surface area contributed by atoms with Crippen molar-refractivity contribution in [3.8, 4) is 0 Å². The van der Waals surface area contributed by atoms with Crippen molar-refractivity contribution in [2.24, 2.45) is 0 Å². The summed E-state index contributed by atoms with van der Waals surface area (Å²) in [6.45, 7) is 0. The average molecular weight is 261 g/mol. The van der Waals surface area contributed by atoms with Crippen molar-refractivity contribution in [1.29, 1.82) is 0 Å². The predicted molar refractivity (Wildman–Crippen MR) is 77.6 cm³/mol. The molecule has 1 aromatic heterocycles. The zero-order valence-corrected chi connectivity index (χ0v) is 11.3. The highest BCUT2D eigenvalue weighted by molar-refractivity contribution is 6.35. The molecule has 2 aromatic rings. The quantitative estimate of drug-likeness (QED) is 0.778. The van der Waals surface area contributed by atoms with Crippen LogP contribution in [0.2, 0.25) is 5.02 Å². The number of pyridine rings is 1. The third kappa shape index (κ3) is 1.85. The highest BCUT2D eigenvalue weighted by Gasteiger charge is 2.17. The lowest BCUT2D eigenvalue weighted by atomic mass is 10.0. The van der Waals surface area contributed by atoms with Gasteiger partial charge < -0.3 is 5.32 Å². The highest BCUT2D eigenvalue weighted by Crippen LogP contribution is 2.34. The Kier molecular flexibility index (Phi) is 3.13. The summed E-state index contributed by atoms with van der Waals surface area (Å²) in [7, 11) is 1.99. The van der Waals surface area contributed by atoms with E-state index in [4.69, 9.17) is 16.6 Å². The van der Waals surface area contributed by atoms with Crippen molar-refractivity contribution in [2.75, 3.05) is 12.4 Å². The third-order valence-electron chi connectivity index (χ3n) is 3.74. The topological polar surface area (TPSA) is 24.9 Å². The minimum atomic E-state index is 0.746. The first-order valence-electron chi connectivity index (χ1n) is 6.59. The van der Waals surface area contributed by atoms with E-state index in [0.29, 0.717) is 0 Å². The lowest BCUT2D eigenvalue weighted by molar-refractivity contribution is 0.709. The van der Waals surface area contributed by atoms with Gasteiger partial charge >= 0.3 is 0 Å². The van der Waals surface area contributed by atoms with E-state index in [0.717, 1.165) is 28.8 Å². The molecule has 0 bridgehead atoms. The Morgan fingerprint density at radius 1 is 1.17 bits per heavy atom. The molecule has 1 N–H and O–H groups in total. The van der Waals surface area contributed by atoms with Gasteiger partial charge in [-0.05, 0) is 37.3 Å². The van der Waals surface area contributed by atoms with Crippen LogP contribution in [0.4, 0.5) is 5.69 Å². The zero-order chi connectivity index (χ0) is 12.5. The number of halogens is 1. The zero-order valence-electron chi connectivity index (χ0n) is 10.6. The standard InChI is InChI=1S/C15H17ClN2/c1-17-14-10-6-3-2-4-9-13(10)18-15-11(14)7-5-8-12(15)16/h5,7-8H,2-4,6,9H2,1H3,(H,17,18). The highest BCUT2D eigenvalue weighted by atomic mass is 35.5. The minimum absolute atomic E-state index is 0.746. The molecule has 2 nitrogen and oxygen atoms in total. The number of para-hydroxylation sites is 1. The first-order chi connectivity index (χ1) is 8.81. The van der Waals surface area contributed by atoms with Gasteiger partial charge in [-0.2, -0.15) is 0 Å². The van der Waals surface area contributed by atoms with Crippen LogP contribution in [0.5, 0.6) is 0 Å². The van der Waals surface area contributed by atoms with Gasteiger partial charge in [-0.25, -0.2) is 0 Å². The van der Waals surface area contributed by atoms with Gasteiger partial charge in [0.15, 0.2) is 0 Å². The molecule has 1 aromatic carbocycles. The summed E-state index contributed by atoms with van der Waals surface area (Å²) in [5.41, 5.74) is 4.78. The maximum absolute atomic E-state index is 6.28. The molecule has 0 saturated carbocycles. The Morgan fingerprint density at radius 3 is 2.83 bits per heavy atom. The number of fused-ring (bicyclic) bond motifs is 2. The molecule has 0 fully saturated rings. The van der Waals surface area contributed by atoms with Crippen molar-refractivity contribution >= 4 is 28.2 Å². The van der Waals surface area contributed by atoms with Gasteiger partial charge in [-0.15, -0.1) is 0 Å². The van der Waals surface area contributed by atoms with Crippen molar-refractivity contribution in [2.45, 2.75) is 32.1 Å². The summed E-state index contributed by atoms with van der Waals surface area (Å²) in [6, 6.07) is 6.01. The molecule has 0 saturated heterocycles. The molecule has 1 aliphatic rings. The molecule has 0 aliphatic heterocycles. The van der Waals surface area contributed by atoms with Crippen LogP contribution in [-0.2, 0) is 12.8 Å². The van der Waals surface area contributed by atoms with E-state index in [2.05, 4.69) is 11.4 Å². The van der Waals surface area contributed by atoms with Crippen molar-refractivity contribution in [3.05, 3.63) is 34.5 Å². The SMILES string of the molecule is CNc1c2c(nc3c(Cl)cccc13)CCCCC2. The first-order valence-corrected chi connectivity index (χ1v) is 6.97. The molecule has 0 spiro atoms. The van der Waals surface area contributed by atoms with E-state index in [-0.39, 0.29) is 0 Å². The lowest BCUT2D eigenvalue weighted by Gasteiger charge is -2.15. The van der Waals surface area contributed by atoms with Crippen LogP contribution in [0.15, 0.2) is 18.2 Å². The number of benzene rings is 1. The second-order valence-corrected chi connectivity index (χ2v) is 5.27. The number of hydrogen-bond donors (Lipinski definition) is 1. The molecule has 18 heavy (non-hydrogen) atoms. The smallest absolute Gasteiger partial charge is 0.0912 e. The fourth-order valence-electron chi connectivity index (χ4n) is 2.87. The van der Waals surface area contributed by atoms with Gasteiger partial charge in [0.1, 0.15) is 0 Å². The van der Waals surface area contributed by atoms with E-state index < -0.39 is 0 Å². The van der Waals surface area contributed by atoms with Crippen molar-refractivity contribution in [1.82, 2.24) is 4.98 Å². The van der Waals surface area contributed by atoms with Gasteiger partial charge in [-0.3, -0.25) is 4.98 Å². The normalized spacial score (nSPS) is 15.2. The first kappa shape index (κ1) is 11.8. The summed E-state index contributed by atoms with van der Waals surface area (Å²) in [5.74, 6) is 0. The Labute approximate surface area is 112 Å². The van der Waals surface area contributed by atoms with E-state index in [1.807, 2.05) is 19.2 Å². The van der Waals surface area contributed by atoms with Crippen molar-refractivity contribution < 1.29 is 0 Å². The summed E-state index contributed by atoms with van der Waals surface area (Å²) in [5, 5.41) is 5.24. The minimum Gasteiger partial charge on any atom is -0.387 e. The van der Waals surface area contributed by atoms with E-state index >= 15 is 0 Å². The van der Waals surface area contributed by atoms with Gasteiger partial charge in [-0.1, -0.05) is 30.2 Å². The van der Waals surface area contributed by atoms with Crippen LogP contribution in [-0.4, -0.2) is 12.0 Å². The fraction of sp³-hybridized carbons (Fsp3) is 0.400. The molecular weight excluding hydrogens is 244 g/mol. The second kappa shape index (κ2) is 4.77. The summed E-state index contributed by atoms with van der Waals surface area (Å²) >= 11 is 6.28. The van der Waals surface area contributed by atoms with E-state index in [9.17, 15) is 0 Å². The van der Waals surface area contributed by atoms with Gasteiger partial charge in [0.25, 0.3) is 0 Å². The molecule has 0 amide bonds.